The molecule has 0 atom stereocenters. The first-order valence-electron chi connectivity index (χ1n) is 6.43. The number of aromatic nitrogens is 1. The van der Waals surface area contributed by atoms with Crippen molar-refractivity contribution < 1.29 is 9.53 Å². The summed E-state index contributed by atoms with van der Waals surface area (Å²) < 4.78 is 4.94. The number of primary amides is 1. The van der Waals surface area contributed by atoms with Gasteiger partial charge in [-0.15, -0.1) is 0 Å². The molecule has 0 radical (unpaired) electrons. The van der Waals surface area contributed by atoms with E-state index in [9.17, 15) is 4.79 Å². The lowest BCUT2D eigenvalue weighted by Gasteiger charge is -1.99. The van der Waals surface area contributed by atoms with Crippen LogP contribution in [-0.4, -0.2) is 24.1 Å². The summed E-state index contributed by atoms with van der Waals surface area (Å²) >= 11 is 0. The molecule has 4 nitrogen and oxygen atoms in total. The van der Waals surface area contributed by atoms with E-state index < -0.39 is 5.91 Å². The molecule has 1 aromatic heterocycles. The Morgan fingerprint density at radius 1 is 1.22 bits per heavy atom. The molecule has 0 bridgehead atoms. The van der Waals surface area contributed by atoms with Gasteiger partial charge in [0.15, 0.2) is 0 Å². The zero-order valence-corrected chi connectivity index (χ0v) is 11.8. The van der Waals surface area contributed by atoms with Crippen molar-refractivity contribution in [3.8, 4) is 0 Å². The highest BCUT2D eigenvalue weighted by Crippen LogP contribution is 2.03. The van der Waals surface area contributed by atoms with E-state index >= 15 is 0 Å². The van der Waals surface area contributed by atoms with Gasteiger partial charge in [0.1, 0.15) is 5.69 Å². The summed E-state index contributed by atoms with van der Waals surface area (Å²) in [6.45, 7) is 9.79. The van der Waals surface area contributed by atoms with Gasteiger partial charge in [-0.2, -0.15) is 0 Å². The van der Waals surface area contributed by atoms with Crippen LogP contribution in [0.15, 0.2) is 12.1 Å². The van der Waals surface area contributed by atoms with Gasteiger partial charge in [-0.1, -0.05) is 19.9 Å². The largest absolute Gasteiger partial charge is 0.381 e. The number of aryl methyl sites for hydroxylation is 2. The fourth-order valence-electron chi connectivity index (χ4n) is 1.28. The lowest BCUT2D eigenvalue weighted by Crippen LogP contribution is -2.13. The maximum atomic E-state index is 10.6. The van der Waals surface area contributed by atoms with Crippen molar-refractivity contribution in [1.82, 2.24) is 4.98 Å². The van der Waals surface area contributed by atoms with Crippen LogP contribution in [-0.2, 0) is 4.74 Å². The zero-order chi connectivity index (χ0) is 14.0. The van der Waals surface area contributed by atoms with E-state index in [1.807, 2.05) is 33.8 Å². The van der Waals surface area contributed by atoms with Gasteiger partial charge in [-0.05, 0) is 38.3 Å². The lowest BCUT2D eigenvalue weighted by molar-refractivity contribution is 0.0995. The minimum atomic E-state index is -0.479. The minimum absolute atomic E-state index is 0.327. The van der Waals surface area contributed by atoms with E-state index in [1.54, 1.807) is 6.07 Å². The summed E-state index contributed by atoms with van der Waals surface area (Å²) in [4.78, 5) is 14.6. The Kier molecular flexibility index (Phi) is 8.84. The molecule has 2 heterocycles. The molecule has 0 aliphatic carbocycles. The Hall–Kier alpha value is -1.42. The molecule has 0 aromatic carbocycles. The van der Waals surface area contributed by atoms with Crippen LogP contribution in [0.4, 0.5) is 0 Å². The molecule has 18 heavy (non-hydrogen) atoms. The van der Waals surface area contributed by atoms with Crippen LogP contribution in [0.1, 0.15) is 48.4 Å². The SMILES string of the molecule is C1CCOC1.CC.Cc1ccc(C(N)=O)nc1C. The van der Waals surface area contributed by atoms with E-state index in [4.69, 9.17) is 10.5 Å². The van der Waals surface area contributed by atoms with E-state index in [-0.39, 0.29) is 0 Å². The van der Waals surface area contributed by atoms with Crippen LogP contribution in [0.5, 0.6) is 0 Å². The van der Waals surface area contributed by atoms with Crippen molar-refractivity contribution in [2.45, 2.75) is 40.5 Å². The fraction of sp³-hybridized carbons (Fsp3) is 0.571. The molecule has 1 fully saturated rings. The van der Waals surface area contributed by atoms with Crippen LogP contribution in [0.25, 0.3) is 0 Å². The number of rotatable bonds is 1. The van der Waals surface area contributed by atoms with E-state index in [2.05, 4.69) is 4.98 Å². The molecular formula is C14H24N2O2. The van der Waals surface area contributed by atoms with Gasteiger partial charge in [-0.25, -0.2) is 4.98 Å². The topological polar surface area (TPSA) is 65.2 Å². The first-order valence-corrected chi connectivity index (χ1v) is 6.43. The second kappa shape index (κ2) is 9.59. The van der Waals surface area contributed by atoms with E-state index in [0.29, 0.717) is 5.69 Å². The van der Waals surface area contributed by atoms with Crippen molar-refractivity contribution in [1.29, 1.82) is 0 Å². The van der Waals surface area contributed by atoms with Crippen molar-refractivity contribution >= 4 is 5.91 Å². The number of amides is 1. The Morgan fingerprint density at radius 2 is 1.78 bits per heavy atom. The van der Waals surface area contributed by atoms with E-state index in [0.717, 1.165) is 24.5 Å². The quantitative estimate of drug-likeness (QED) is 0.835. The molecule has 1 saturated heterocycles. The summed E-state index contributed by atoms with van der Waals surface area (Å²) in [7, 11) is 0. The third-order valence-electron chi connectivity index (χ3n) is 2.43. The highest BCUT2D eigenvalue weighted by Gasteiger charge is 2.02. The molecule has 0 unspecified atom stereocenters. The van der Waals surface area contributed by atoms with Gasteiger partial charge in [0, 0.05) is 18.9 Å². The van der Waals surface area contributed by atoms with Gasteiger partial charge < -0.3 is 10.5 Å². The molecule has 2 N–H and O–H groups in total. The number of pyridine rings is 1. The average molecular weight is 252 g/mol. The van der Waals surface area contributed by atoms with Crippen LogP contribution in [0.2, 0.25) is 0 Å². The number of hydrogen-bond donors (Lipinski definition) is 1. The summed E-state index contributed by atoms with van der Waals surface area (Å²) in [5, 5.41) is 0. The Balaban J connectivity index is 0.000000343. The van der Waals surface area contributed by atoms with Crippen LogP contribution in [0.3, 0.4) is 0 Å². The third-order valence-corrected chi connectivity index (χ3v) is 2.43. The van der Waals surface area contributed by atoms with Gasteiger partial charge in [0.05, 0.1) is 0 Å². The molecule has 2 rings (SSSR count). The first kappa shape index (κ1) is 16.6. The number of nitrogens with zero attached hydrogens (tertiary/aromatic N) is 1. The monoisotopic (exact) mass is 252 g/mol. The zero-order valence-electron chi connectivity index (χ0n) is 11.8. The summed E-state index contributed by atoms with van der Waals surface area (Å²) in [5.41, 5.74) is 7.27. The maximum Gasteiger partial charge on any atom is 0.267 e. The molecule has 1 aliphatic rings. The molecule has 1 aliphatic heterocycles. The number of ether oxygens (including phenoxy) is 1. The van der Waals surface area contributed by atoms with Gasteiger partial charge in [0.25, 0.3) is 5.91 Å². The summed E-state index contributed by atoms with van der Waals surface area (Å²) in [5.74, 6) is -0.479. The van der Waals surface area contributed by atoms with Gasteiger partial charge >= 0.3 is 0 Å². The van der Waals surface area contributed by atoms with Crippen molar-refractivity contribution in [2.75, 3.05) is 13.2 Å². The first-order chi connectivity index (χ1) is 8.61. The van der Waals surface area contributed by atoms with Crippen LogP contribution < -0.4 is 5.73 Å². The van der Waals surface area contributed by atoms with Crippen molar-refractivity contribution in [2.24, 2.45) is 5.73 Å². The van der Waals surface area contributed by atoms with Gasteiger partial charge in [0.2, 0.25) is 0 Å². The van der Waals surface area contributed by atoms with Crippen molar-refractivity contribution in [3.63, 3.8) is 0 Å². The molecule has 1 amide bonds. The molecular weight excluding hydrogens is 228 g/mol. The summed E-state index contributed by atoms with van der Waals surface area (Å²) in [6, 6.07) is 3.47. The molecule has 4 heteroatoms. The normalized spacial score (nSPS) is 12.9. The highest BCUT2D eigenvalue weighted by molar-refractivity contribution is 5.90. The predicted molar refractivity (Wildman–Crippen MR) is 73.6 cm³/mol. The van der Waals surface area contributed by atoms with Gasteiger partial charge in [-0.3, -0.25) is 4.79 Å². The lowest BCUT2D eigenvalue weighted by atomic mass is 10.2. The van der Waals surface area contributed by atoms with E-state index in [1.165, 1.54) is 12.8 Å². The Bertz CT molecular complexity index is 353. The molecule has 102 valence electrons. The Labute approximate surface area is 110 Å². The predicted octanol–water partition coefficient (Wildman–Crippen LogP) is 2.62. The second-order valence-corrected chi connectivity index (χ2v) is 3.78. The number of nitrogens with two attached hydrogens (primary N) is 1. The third kappa shape index (κ3) is 6.35. The summed E-state index contributed by atoms with van der Waals surface area (Å²) in [6.07, 6.45) is 2.56. The molecule has 0 saturated carbocycles. The maximum absolute atomic E-state index is 10.6. The highest BCUT2D eigenvalue weighted by atomic mass is 16.5. The number of carbonyl (C=O) groups is 1. The fourth-order valence-corrected chi connectivity index (χ4v) is 1.28. The number of hydrogen-bond acceptors (Lipinski definition) is 3. The smallest absolute Gasteiger partial charge is 0.267 e. The number of carbonyl (C=O) groups excluding carboxylic acids is 1. The average Bonchev–Trinajstić information content (AvgIpc) is 2.94. The van der Waals surface area contributed by atoms with Crippen LogP contribution in [0, 0.1) is 13.8 Å². The standard InChI is InChI=1S/C8H10N2O.C4H8O.C2H6/c1-5-3-4-7(8(9)11)10-6(5)2;1-2-4-5-3-1;1-2/h3-4H,1-2H3,(H2,9,11);1-4H2;1-2H3. The second-order valence-electron chi connectivity index (χ2n) is 3.78. The molecule has 0 spiro atoms. The molecule has 1 aromatic rings. The van der Waals surface area contributed by atoms with Crippen LogP contribution >= 0.6 is 0 Å². The van der Waals surface area contributed by atoms with Crippen molar-refractivity contribution in [3.05, 3.63) is 29.1 Å². The minimum Gasteiger partial charge on any atom is -0.381 e. The Morgan fingerprint density at radius 3 is 2.11 bits per heavy atom.